The highest BCUT2D eigenvalue weighted by Crippen LogP contribution is 2.45. The SMILES string of the molecule is Cc1cccc(-c2cc(-c3cc(-c4ccccc4)nc(-c4ccccc4)n3)cc(-c3cccc(C(F)(F)F)c3)c2-n2c3ccccc3c3cc(-c4ccccc4)ccc32)c1. The minimum absolute atomic E-state index is 0.433. The second-order valence-corrected chi connectivity index (χ2v) is 15.0. The van der Waals surface area contributed by atoms with Crippen LogP contribution in [0.25, 0.3) is 94.8 Å². The van der Waals surface area contributed by atoms with E-state index in [9.17, 15) is 13.2 Å². The van der Waals surface area contributed by atoms with E-state index in [2.05, 4.69) is 78.2 Å². The van der Waals surface area contributed by atoms with Crippen LogP contribution in [-0.2, 0) is 6.18 Å². The Labute approximate surface area is 345 Å². The van der Waals surface area contributed by atoms with Crippen molar-refractivity contribution in [3.63, 3.8) is 0 Å². The second kappa shape index (κ2) is 15.0. The van der Waals surface area contributed by atoms with Crippen molar-refractivity contribution in [3.8, 4) is 73.0 Å². The average molecular weight is 784 g/mol. The molecule has 0 spiro atoms. The number of alkyl halides is 3. The summed E-state index contributed by atoms with van der Waals surface area (Å²) in [6, 6.07) is 64.8. The summed E-state index contributed by atoms with van der Waals surface area (Å²) in [5, 5.41) is 2.08. The lowest BCUT2D eigenvalue weighted by Gasteiger charge is -2.22. The number of para-hydroxylation sites is 1. The fourth-order valence-electron chi connectivity index (χ4n) is 8.23. The van der Waals surface area contributed by atoms with E-state index in [4.69, 9.17) is 9.97 Å². The van der Waals surface area contributed by atoms with Gasteiger partial charge < -0.3 is 4.57 Å². The summed E-state index contributed by atoms with van der Waals surface area (Å²) >= 11 is 0. The number of nitrogens with zero attached hydrogens (tertiary/aromatic N) is 3. The Morgan fingerprint density at radius 2 is 0.950 bits per heavy atom. The van der Waals surface area contributed by atoms with Crippen molar-refractivity contribution in [2.24, 2.45) is 0 Å². The minimum Gasteiger partial charge on any atom is -0.308 e. The van der Waals surface area contributed by atoms with Crippen molar-refractivity contribution in [2.75, 3.05) is 0 Å². The van der Waals surface area contributed by atoms with Gasteiger partial charge in [-0.15, -0.1) is 0 Å². The van der Waals surface area contributed by atoms with E-state index in [-0.39, 0.29) is 0 Å². The zero-order chi connectivity index (χ0) is 40.8. The van der Waals surface area contributed by atoms with Gasteiger partial charge in [-0.3, -0.25) is 0 Å². The largest absolute Gasteiger partial charge is 0.416 e. The molecule has 0 saturated carbocycles. The van der Waals surface area contributed by atoms with Gasteiger partial charge in [0.15, 0.2) is 5.82 Å². The molecule has 0 aliphatic heterocycles. The molecule has 3 nitrogen and oxygen atoms in total. The maximum atomic E-state index is 14.6. The summed E-state index contributed by atoms with van der Waals surface area (Å²) < 4.78 is 45.9. The molecule has 2 heterocycles. The molecule has 0 radical (unpaired) electrons. The molecule has 0 aliphatic rings. The maximum Gasteiger partial charge on any atom is 0.416 e. The van der Waals surface area contributed by atoms with Gasteiger partial charge >= 0.3 is 6.18 Å². The first-order valence-corrected chi connectivity index (χ1v) is 19.8. The van der Waals surface area contributed by atoms with Crippen LogP contribution in [0, 0.1) is 6.92 Å². The van der Waals surface area contributed by atoms with Gasteiger partial charge in [-0.05, 0) is 77.7 Å². The topological polar surface area (TPSA) is 30.7 Å². The van der Waals surface area contributed by atoms with Crippen LogP contribution >= 0.6 is 0 Å². The highest BCUT2D eigenvalue weighted by Gasteiger charge is 2.31. The Kier molecular flexibility index (Phi) is 9.18. The van der Waals surface area contributed by atoms with E-state index in [1.54, 1.807) is 6.07 Å². The number of aryl methyl sites for hydroxylation is 1. The van der Waals surface area contributed by atoms with Crippen molar-refractivity contribution < 1.29 is 13.2 Å². The molecule has 8 aromatic carbocycles. The van der Waals surface area contributed by atoms with E-state index in [0.717, 1.165) is 83.8 Å². The van der Waals surface area contributed by atoms with Gasteiger partial charge in [0.25, 0.3) is 0 Å². The number of hydrogen-bond acceptors (Lipinski definition) is 2. The fourth-order valence-corrected chi connectivity index (χ4v) is 8.23. The normalized spacial score (nSPS) is 11.7. The number of fused-ring (bicyclic) bond motifs is 3. The van der Waals surface area contributed by atoms with Crippen molar-refractivity contribution in [2.45, 2.75) is 13.1 Å². The van der Waals surface area contributed by atoms with Gasteiger partial charge in [-0.1, -0.05) is 157 Å². The number of hydrogen-bond donors (Lipinski definition) is 0. The molecule has 0 unspecified atom stereocenters. The van der Waals surface area contributed by atoms with Crippen molar-refractivity contribution in [1.82, 2.24) is 14.5 Å². The molecule has 0 aliphatic carbocycles. The maximum absolute atomic E-state index is 14.6. The van der Waals surface area contributed by atoms with Crippen LogP contribution < -0.4 is 0 Å². The van der Waals surface area contributed by atoms with Gasteiger partial charge in [0.05, 0.1) is 33.7 Å². The van der Waals surface area contributed by atoms with Crippen LogP contribution in [0.3, 0.4) is 0 Å². The molecular weight excluding hydrogens is 748 g/mol. The molecule has 0 saturated heterocycles. The molecule has 288 valence electrons. The molecule has 2 aromatic heterocycles. The Bertz CT molecular complexity index is 3130. The highest BCUT2D eigenvalue weighted by atomic mass is 19.4. The average Bonchev–Trinajstić information content (AvgIpc) is 3.62. The van der Waals surface area contributed by atoms with Crippen LogP contribution in [0.2, 0.25) is 0 Å². The number of aromatic nitrogens is 3. The predicted octanol–water partition coefficient (Wildman–Crippen LogP) is 14.9. The Hall–Kier alpha value is -7.57. The summed E-state index contributed by atoms with van der Waals surface area (Å²) in [7, 11) is 0. The molecule has 6 heteroatoms. The third-order valence-corrected chi connectivity index (χ3v) is 11.1. The summed E-state index contributed by atoms with van der Waals surface area (Å²) in [6.07, 6.45) is -4.55. The first kappa shape index (κ1) is 36.7. The van der Waals surface area contributed by atoms with E-state index in [0.29, 0.717) is 22.6 Å². The molecule has 0 amide bonds. The summed E-state index contributed by atoms with van der Waals surface area (Å²) in [5.41, 5.74) is 11.9. The Balaban J connectivity index is 1.33. The lowest BCUT2D eigenvalue weighted by atomic mass is 9.90. The number of benzene rings is 8. The van der Waals surface area contributed by atoms with Crippen LogP contribution in [0.5, 0.6) is 0 Å². The van der Waals surface area contributed by atoms with Crippen molar-refractivity contribution in [1.29, 1.82) is 0 Å². The standard InChI is InChI=1S/C54H36F3N3/c1-35-15-13-22-40(29-35)45-32-42(49-34-48(37-18-7-3-8-19-37)58-53(59-49)38-20-9-4-10-21-38)33-46(41-23-14-24-43(30-41)54(55,56)57)52(45)60-50-26-12-11-25-44(50)47-31-39(27-28-51(47)60)36-16-5-2-6-17-36/h2-34H,1H3. The third kappa shape index (κ3) is 6.82. The molecular formula is C54H36F3N3. The predicted molar refractivity (Wildman–Crippen MR) is 239 cm³/mol. The third-order valence-electron chi connectivity index (χ3n) is 11.1. The zero-order valence-electron chi connectivity index (χ0n) is 32.5. The van der Waals surface area contributed by atoms with Gasteiger partial charge in [0.1, 0.15) is 0 Å². The smallest absolute Gasteiger partial charge is 0.308 e. The van der Waals surface area contributed by atoms with Crippen LogP contribution in [0.4, 0.5) is 13.2 Å². The number of halogens is 3. The molecule has 0 N–H and O–H groups in total. The van der Waals surface area contributed by atoms with E-state index in [1.807, 2.05) is 109 Å². The fraction of sp³-hybridized carbons (Fsp3) is 0.0370. The Morgan fingerprint density at radius 3 is 1.62 bits per heavy atom. The van der Waals surface area contributed by atoms with Gasteiger partial charge in [-0.25, -0.2) is 9.97 Å². The highest BCUT2D eigenvalue weighted by molar-refractivity contribution is 6.12. The quantitative estimate of drug-likeness (QED) is 0.161. The van der Waals surface area contributed by atoms with Crippen molar-refractivity contribution >= 4 is 21.8 Å². The monoisotopic (exact) mass is 783 g/mol. The van der Waals surface area contributed by atoms with Crippen LogP contribution in [-0.4, -0.2) is 14.5 Å². The number of rotatable bonds is 7. The minimum atomic E-state index is -4.55. The van der Waals surface area contributed by atoms with E-state index in [1.165, 1.54) is 12.1 Å². The lowest BCUT2D eigenvalue weighted by Crippen LogP contribution is -2.06. The van der Waals surface area contributed by atoms with E-state index >= 15 is 0 Å². The lowest BCUT2D eigenvalue weighted by molar-refractivity contribution is -0.137. The van der Waals surface area contributed by atoms with Gasteiger partial charge in [-0.2, -0.15) is 13.2 Å². The molecule has 10 aromatic rings. The summed E-state index contributed by atoms with van der Waals surface area (Å²) in [6.45, 7) is 2.05. The Morgan fingerprint density at radius 1 is 0.400 bits per heavy atom. The molecule has 60 heavy (non-hydrogen) atoms. The van der Waals surface area contributed by atoms with Gasteiger partial charge in [0.2, 0.25) is 0 Å². The molecule has 0 fully saturated rings. The first-order chi connectivity index (χ1) is 29.3. The molecule has 0 bridgehead atoms. The second-order valence-electron chi connectivity index (χ2n) is 15.0. The zero-order valence-corrected chi connectivity index (χ0v) is 32.5. The first-order valence-electron chi connectivity index (χ1n) is 19.8. The van der Waals surface area contributed by atoms with Crippen LogP contribution in [0.1, 0.15) is 11.1 Å². The van der Waals surface area contributed by atoms with E-state index < -0.39 is 11.7 Å². The van der Waals surface area contributed by atoms with Crippen molar-refractivity contribution in [3.05, 3.63) is 211 Å². The molecule has 0 atom stereocenters. The van der Waals surface area contributed by atoms with Crippen LogP contribution in [0.15, 0.2) is 200 Å². The molecule has 10 rings (SSSR count). The summed E-state index contributed by atoms with van der Waals surface area (Å²) in [5.74, 6) is 0.547. The van der Waals surface area contributed by atoms with Gasteiger partial charge in [0, 0.05) is 38.6 Å². The summed E-state index contributed by atoms with van der Waals surface area (Å²) in [4.78, 5) is 10.2.